The van der Waals surface area contributed by atoms with Crippen molar-refractivity contribution in [2.24, 2.45) is 5.73 Å². The van der Waals surface area contributed by atoms with E-state index >= 15 is 0 Å². The average molecular weight is 213 g/mol. The Balaban J connectivity index is 2.34. The minimum Gasteiger partial charge on any atom is -0.459 e. The molecule has 0 spiro atoms. The second-order valence-corrected chi connectivity index (χ2v) is 3.93. The molecular formula is C14H15NO. The van der Waals surface area contributed by atoms with Crippen molar-refractivity contribution in [2.45, 2.75) is 26.3 Å². The fourth-order valence-electron chi connectivity index (χ4n) is 1.68. The Labute approximate surface area is 95.4 Å². The summed E-state index contributed by atoms with van der Waals surface area (Å²) in [6, 6.07) is 7.98. The third kappa shape index (κ3) is 2.10. The molecule has 2 rings (SSSR count). The molecule has 0 aliphatic carbocycles. The smallest absolute Gasteiger partial charge is 0.134 e. The number of hydrogen-bond acceptors (Lipinski definition) is 2. The van der Waals surface area contributed by atoms with Crippen molar-refractivity contribution < 1.29 is 4.42 Å². The maximum atomic E-state index is 5.99. The molecule has 0 amide bonds. The zero-order chi connectivity index (χ0) is 11.5. The number of fused-ring (bicyclic) bond motifs is 1. The largest absolute Gasteiger partial charge is 0.459 e. The van der Waals surface area contributed by atoms with E-state index in [9.17, 15) is 0 Å². The van der Waals surface area contributed by atoms with Crippen LogP contribution < -0.4 is 5.73 Å². The molecule has 2 heteroatoms. The molecule has 2 nitrogen and oxygen atoms in total. The summed E-state index contributed by atoms with van der Waals surface area (Å²) >= 11 is 0. The molecule has 0 saturated carbocycles. The van der Waals surface area contributed by atoms with Crippen molar-refractivity contribution in [1.82, 2.24) is 0 Å². The van der Waals surface area contributed by atoms with Gasteiger partial charge in [0, 0.05) is 11.8 Å². The first-order valence-corrected chi connectivity index (χ1v) is 5.36. The van der Waals surface area contributed by atoms with Crippen molar-refractivity contribution in [3.63, 3.8) is 0 Å². The van der Waals surface area contributed by atoms with Crippen LogP contribution in [0.25, 0.3) is 11.0 Å². The highest BCUT2D eigenvalue weighted by molar-refractivity contribution is 5.78. The second kappa shape index (κ2) is 4.42. The van der Waals surface area contributed by atoms with Gasteiger partial charge in [0.25, 0.3) is 0 Å². The molecule has 2 aromatic rings. The molecule has 1 atom stereocenters. The van der Waals surface area contributed by atoms with Crippen LogP contribution in [0, 0.1) is 18.8 Å². The summed E-state index contributed by atoms with van der Waals surface area (Å²) in [5.74, 6) is 6.62. The fraction of sp³-hybridized carbons (Fsp3) is 0.286. The van der Waals surface area contributed by atoms with Gasteiger partial charge >= 0.3 is 0 Å². The fourth-order valence-corrected chi connectivity index (χ4v) is 1.68. The third-order valence-corrected chi connectivity index (χ3v) is 2.56. The quantitative estimate of drug-likeness (QED) is 0.778. The van der Waals surface area contributed by atoms with Gasteiger partial charge < -0.3 is 10.2 Å². The first kappa shape index (κ1) is 10.8. The summed E-state index contributed by atoms with van der Waals surface area (Å²) in [5.41, 5.74) is 8.10. The summed E-state index contributed by atoms with van der Waals surface area (Å²) in [6.07, 6.45) is 0.634. The normalized spacial score (nSPS) is 12.2. The maximum absolute atomic E-state index is 5.99. The number of benzene rings is 1. The molecular weight excluding hydrogens is 198 g/mol. The molecule has 1 aromatic heterocycles. The van der Waals surface area contributed by atoms with Crippen LogP contribution in [0.15, 0.2) is 28.7 Å². The Morgan fingerprint density at radius 3 is 2.94 bits per heavy atom. The summed E-state index contributed by atoms with van der Waals surface area (Å²) in [5, 5.41) is 1.11. The van der Waals surface area contributed by atoms with Gasteiger partial charge in [-0.25, -0.2) is 0 Å². The molecule has 1 aromatic carbocycles. The Morgan fingerprint density at radius 1 is 1.38 bits per heavy atom. The van der Waals surface area contributed by atoms with Gasteiger partial charge in [0.1, 0.15) is 11.3 Å². The van der Waals surface area contributed by atoms with E-state index in [-0.39, 0.29) is 6.04 Å². The van der Waals surface area contributed by atoms with Crippen LogP contribution in [0.2, 0.25) is 0 Å². The van der Waals surface area contributed by atoms with E-state index in [4.69, 9.17) is 10.2 Å². The molecule has 0 radical (unpaired) electrons. The molecule has 0 aliphatic heterocycles. The summed E-state index contributed by atoms with van der Waals surface area (Å²) < 4.78 is 5.69. The predicted octanol–water partition coefficient (Wildman–Crippen LogP) is 3.15. The zero-order valence-corrected chi connectivity index (χ0v) is 9.58. The highest BCUT2D eigenvalue weighted by Gasteiger charge is 2.10. The van der Waals surface area contributed by atoms with Crippen molar-refractivity contribution in [1.29, 1.82) is 0 Å². The lowest BCUT2D eigenvalue weighted by Crippen LogP contribution is -2.07. The van der Waals surface area contributed by atoms with Gasteiger partial charge in [0.05, 0.1) is 6.04 Å². The van der Waals surface area contributed by atoms with E-state index in [2.05, 4.69) is 24.8 Å². The molecule has 1 heterocycles. The van der Waals surface area contributed by atoms with Crippen LogP contribution in [-0.2, 0) is 0 Å². The lowest BCUT2D eigenvalue weighted by Gasteiger charge is -2.01. The standard InChI is InChI=1S/C14H15NO/c1-3-4-5-12(15)14-9-11-8-10(2)6-7-13(11)16-14/h6-9,12H,5,15H2,1-2H3. The topological polar surface area (TPSA) is 39.2 Å². The van der Waals surface area contributed by atoms with E-state index in [1.165, 1.54) is 5.56 Å². The number of furan rings is 1. The minimum atomic E-state index is -0.139. The molecule has 2 N–H and O–H groups in total. The van der Waals surface area contributed by atoms with E-state index in [0.717, 1.165) is 16.7 Å². The van der Waals surface area contributed by atoms with Gasteiger partial charge in [-0.2, -0.15) is 0 Å². The van der Waals surface area contributed by atoms with E-state index < -0.39 is 0 Å². The molecule has 16 heavy (non-hydrogen) atoms. The predicted molar refractivity (Wildman–Crippen MR) is 65.9 cm³/mol. The van der Waals surface area contributed by atoms with Gasteiger partial charge in [0.15, 0.2) is 0 Å². The summed E-state index contributed by atoms with van der Waals surface area (Å²) in [4.78, 5) is 0. The average Bonchev–Trinajstić information content (AvgIpc) is 2.68. The SMILES string of the molecule is CC#CCC(N)c1cc2cc(C)ccc2o1. The lowest BCUT2D eigenvalue weighted by atomic mass is 10.1. The molecule has 82 valence electrons. The molecule has 0 bridgehead atoms. The summed E-state index contributed by atoms with van der Waals surface area (Å²) in [7, 11) is 0. The number of aryl methyl sites for hydroxylation is 1. The van der Waals surface area contributed by atoms with E-state index in [0.29, 0.717) is 6.42 Å². The Hall–Kier alpha value is -1.72. The van der Waals surface area contributed by atoms with Crippen molar-refractivity contribution >= 4 is 11.0 Å². The highest BCUT2D eigenvalue weighted by atomic mass is 16.3. The van der Waals surface area contributed by atoms with Gasteiger partial charge in [-0.3, -0.25) is 0 Å². The van der Waals surface area contributed by atoms with Gasteiger partial charge in [0.2, 0.25) is 0 Å². The number of hydrogen-bond donors (Lipinski definition) is 1. The first-order valence-electron chi connectivity index (χ1n) is 5.36. The minimum absolute atomic E-state index is 0.139. The van der Waals surface area contributed by atoms with Gasteiger partial charge in [-0.05, 0) is 32.0 Å². The Kier molecular flexibility index (Phi) is 2.98. The number of rotatable bonds is 2. The van der Waals surface area contributed by atoms with Crippen LogP contribution in [0.3, 0.4) is 0 Å². The van der Waals surface area contributed by atoms with Crippen LogP contribution in [0.1, 0.15) is 30.7 Å². The number of nitrogens with two attached hydrogens (primary N) is 1. The molecule has 0 aliphatic rings. The van der Waals surface area contributed by atoms with Crippen molar-refractivity contribution in [3.05, 3.63) is 35.6 Å². The summed E-state index contributed by atoms with van der Waals surface area (Å²) in [6.45, 7) is 3.88. The molecule has 0 fully saturated rings. The third-order valence-electron chi connectivity index (χ3n) is 2.56. The van der Waals surface area contributed by atoms with Gasteiger partial charge in [-0.15, -0.1) is 11.8 Å². The zero-order valence-electron chi connectivity index (χ0n) is 9.58. The van der Waals surface area contributed by atoms with E-state index in [1.807, 2.05) is 25.1 Å². The van der Waals surface area contributed by atoms with Crippen LogP contribution >= 0.6 is 0 Å². The Bertz CT molecular complexity index is 557. The van der Waals surface area contributed by atoms with Crippen molar-refractivity contribution in [2.75, 3.05) is 0 Å². The molecule has 0 saturated heterocycles. The van der Waals surface area contributed by atoms with Crippen molar-refractivity contribution in [3.8, 4) is 11.8 Å². The van der Waals surface area contributed by atoms with Crippen LogP contribution in [-0.4, -0.2) is 0 Å². The second-order valence-electron chi connectivity index (χ2n) is 3.93. The van der Waals surface area contributed by atoms with Gasteiger partial charge in [-0.1, -0.05) is 11.6 Å². The maximum Gasteiger partial charge on any atom is 0.134 e. The first-order chi connectivity index (χ1) is 7.70. The monoisotopic (exact) mass is 213 g/mol. The molecule has 1 unspecified atom stereocenters. The van der Waals surface area contributed by atoms with E-state index in [1.54, 1.807) is 0 Å². The highest BCUT2D eigenvalue weighted by Crippen LogP contribution is 2.24. The lowest BCUT2D eigenvalue weighted by molar-refractivity contribution is 0.500. The van der Waals surface area contributed by atoms with Crippen LogP contribution in [0.5, 0.6) is 0 Å². The van der Waals surface area contributed by atoms with Crippen LogP contribution in [0.4, 0.5) is 0 Å². The Morgan fingerprint density at radius 2 is 2.19 bits per heavy atom.